The second kappa shape index (κ2) is 12.1. The molecule has 1 aliphatic carbocycles. The van der Waals surface area contributed by atoms with Gasteiger partial charge < -0.3 is 15.5 Å². The van der Waals surface area contributed by atoms with Crippen LogP contribution in [0.25, 0.3) is 0 Å². The van der Waals surface area contributed by atoms with Crippen LogP contribution in [0.15, 0.2) is 4.99 Å². The van der Waals surface area contributed by atoms with Crippen LogP contribution in [0.2, 0.25) is 0 Å². The first kappa shape index (κ1) is 24.4. The second-order valence-corrected chi connectivity index (χ2v) is 8.29. The standard InChI is InChI=1S/C22H40N6.HI/c1-5-20-19(21(6-2)27(4)26-20)16-24-22(23-7-3)25-17-12-14-28(15-13-17)18-10-8-9-11-18;/h17-18H,5-16H2,1-4H3,(H2,23,24,25);1H. The van der Waals surface area contributed by atoms with Crippen molar-refractivity contribution in [3.8, 4) is 0 Å². The number of halogens is 1. The van der Waals surface area contributed by atoms with Gasteiger partial charge in [-0.25, -0.2) is 4.99 Å². The third kappa shape index (κ3) is 6.32. The number of aryl methyl sites for hydroxylation is 2. The maximum atomic E-state index is 4.93. The van der Waals surface area contributed by atoms with Gasteiger partial charge in [0.2, 0.25) is 0 Å². The molecule has 7 heteroatoms. The molecule has 0 bridgehead atoms. The van der Waals surface area contributed by atoms with Crippen molar-refractivity contribution >= 4 is 29.9 Å². The van der Waals surface area contributed by atoms with Crippen molar-refractivity contribution in [2.24, 2.45) is 12.0 Å². The van der Waals surface area contributed by atoms with Gasteiger partial charge in [-0.05, 0) is 45.4 Å². The summed E-state index contributed by atoms with van der Waals surface area (Å²) in [6.45, 7) is 10.6. The first-order valence-corrected chi connectivity index (χ1v) is 11.5. The Morgan fingerprint density at radius 3 is 2.34 bits per heavy atom. The van der Waals surface area contributed by atoms with Crippen LogP contribution < -0.4 is 10.6 Å². The lowest BCUT2D eigenvalue weighted by Gasteiger charge is -2.36. The van der Waals surface area contributed by atoms with Gasteiger partial charge >= 0.3 is 0 Å². The number of rotatable bonds is 7. The van der Waals surface area contributed by atoms with E-state index in [4.69, 9.17) is 4.99 Å². The highest BCUT2D eigenvalue weighted by Gasteiger charge is 2.27. The molecule has 1 aliphatic heterocycles. The molecule has 2 heterocycles. The maximum Gasteiger partial charge on any atom is 0.191 e. The van der Waals surface area contributed by atoms with E-state index in [9.17, 15) is 0 Å². The molecule has 0 amide bonds. The quantitative estimate of drug-likeness (QED) is 0.330. The van der Waals surface area contributed by atoms with Crippen LogP contribution in [-0.2, 0) is 26.4 Å². The molecule has 2 N–H and O–H groups in total. The Bertz CT molecular complexity index is 642. The van der Waals surface area contributed by atoms with Crippen LogP contribution in [-0.4, -0.2) is 52.4 Å². The molecule has 29 heavy (non-hydrogen) atoms. The second-order valence-electron chi connectivity index (χ2n) is 8.29. The number of piperidine rings is 1. The van der Waals surface area contributed by atoms with Gasteiger partial charge in [0.05, 0.1) is 12.2 Å². The van der Waals surface area contributed by atoms with E-state index < -0.39 is 0 Å². The first-order chi connectivity index (χ1) is 13.7. The van der Waals surface area contributed by atoms with Crippen molar-refractivity contribution in [3.05, 3.63) is 17.0 Å². The summed E-state index contributed by atoms with van der Waals surface area (Å²) in [7, 11) is 2.05. The lowest BCUT2D eigenvalue weighted by molar-refractivity contribution is 0.150. The van der Waals surface area contributed by atoms with Crippen LogP contribution in [0.5, 0.6) is 0 Å². The highest BCUT2D eigenvalue weighted by atomic mass is 127. The summed E-state index contributed by atoms with van der Waals surface area (Å²) in [5, 5.41) is 11.8. The number of likely N-dealkylation sites (tertiary alicyclic amines) is 1. The highest BCUT2D eigenvalue weighted by molar-refractivity contribution is 14.0. The van der Waals surface area contributed by atoms with Crippen molar-refractivity contribution in [2.75, 3.05) is 19.6 Å². The third-order valence-corrected chi connectivity index (χ3v) is 6.48. The Hall–Kier alpha value is -0.830. The fourth-order valence-corrected chi connectivity index (χ4v) is 4.92. The number of guanidine groups is 1. The minimum absolute atomic E-state index is 0. The van der Waals surface area contributed by atoms with E-state index in [2.05, 4.69) is 41.4 Å². The number of nitrogens with one attached hydrogen (secondary N) is 2. The largest absolute Gasteiger partial charge is 0.357 e. The number of hydrogen-bond donors (Lipinski definition) is 2. The normalized spacial score (nSPS) is 19.4. The van der Waals surface area contributed by atoms with Crippen molar-refractivity contribution < 1.29 is 0 Å². The van der Waals surface area contributed by atoms with Gasteiger partial charge in [-0.2, -0.15) is 5.10 Å². The number of hydrogen-bond acceptors (Lipinski definition) is 3. The molecular weight excluding hydrogens is 475 g/mol. The molecule has 3 rings (SSSR count). The molecule has 0 aromatic carbocycles. The minimum Gasteiger partial charge on any atom is -0.357 e. The predicted octanol–water partition coefficient (Wildman–Crippen LogP) is 3.63. The first-order valence-electron chi connectivity index (χ1n) is 11.5. The Balaban J connectivity index is 0.00000300. The third-order valence-electron chi connectivity index (χ3n) is 6.48. The molecule has 1 aromatic heterocycles. The molecule has 1 saturated heterocycles. The Morgan fingerprint density at radius 1 is 1.07 bits per heavy atom. The summed E-state index contributed by atoms with van der Waals surface area (Å²) < 4.78 is 2.03. The number of nitrogens with zero attached hydrogens (tertiary/aromatic N) is 4. The predicted molar refractivity (Wildman–Crippen MR) is 132 cm³/mol. The molecular formula is C22H41IN6. The number of aromatic nitrogens is 2. The zero-order valence-corrected chi connectivity index (χ0v) is 21.2. The van der Waals surface area contributed by atoms with Gasteiger partial charge in [-0.1, -0.05) is 26.7 Å². The Labute approximate surface area is 194 Å². The lowest BCUT2D eigenvalue weighted by Crippen LogP contribution is -2.50. The van der Waals surface area contributed by atoms with E-state index >= 15 is 0 Å². The zero-order valence-electron chi connectivity index (χ0n) is 18.8. The maximum absolute atomic E-state index is 4.93. The van der Waals surface area contributed by atoms with Gasteiger partial charge in [0, 0.05) is 50.0 Å². The molecule has 1 aromatic rings. The van der Waals surface area contributed by atoms with Crippen LogP contribution in [0, 0.1) is 0 Å². The van der Waals surface area contributed by atoms with E-state index in [1.54, 1.807) is 0 Å². The topological polar surface area (TPSA) is 57.5 Å². The highest BCUT2D eigenvalue weighted by Crippen LogP contribution is 2.26. The molecule has 0 spiro atoms. The average Bonchev–Trinajstić information content (AvgIpc) is 3.34. The minimum atomic E-state index is 0. The van der Waals surface area contributed by atoms with Crippen LogP contribution in [0.3, 0.4) is 0 Å². The molecule has 0 unspecified atom stereocenters. The van der Waals surface area contributed by atoms with Gasteiger partial charge in [0.25, 0.3) is 0 Å². The van der Waals surface area contributed by atoms with Gasteiger partial charge in [-0.15, -0.1) is 24.0 Å². The van der Waals surface area contributed by atoms with Gasteiger partial charge in [-0.3, -0.25) is 4.68 Å². The van der Waals surface area contributed by atoms with E-state index in [-0.39, 0.29) is 24.0 Å². The molecule has 166 valence electrons. The average molecular weight is 517 g/mol. The summed E-state index contributed by atoms with van der Waals surface area (Å²) in [6, 6.07) is 1.38. The Morgan fingerprint density at radius 2 is 1.76 bits per heavy atom. The van der Waals surface area contributed by atoms with Crippen LogP contribution in [0.4, 0.5) is 0 Å². The summed E-state index contributed by atoms with van der Waals surface area (Å²) in [6.07, 6.45) is 10.1. The molecule has 6 nitrogen and oxygen atoms in total. The fourth-order valence-electron chi connectivity index (χ4n) is 4.92. The molecule has 0 atom stereocenters. The monoisotopic (exact) mass is 516 g/mol. The van der Waals surface area contributed by atoms with Gasteiger partial charge in [0.15, 0.2) is 5.96 Å². The van der Waals surface area contributed by atoms with Crippen LogP contribution in [0.1, 0.15) is 76.2 Å². The molecule has 2 aliphatic rings. The summed E-state index contributed by atoms with van der Waals surface area (Å²) in [4.78, 5) is 7.66. The van der Waals surface area contributed by atoms with E-state index in [1.807, 2.05) is 11.7 Å². The fraction of sp³-hybridized carbons (Fsp3) is 0.818. The zero-order chi connectivity index (χ0) is 19.9. The smallest absolute Gasteiger partial charge is 0.191 e. The van der Waals surface area contributed by atoms with E-state index in [0.717, 1.165) is 31.4 Å². The van der Waals surface area contributed by atoms with Crippen molar-refractivity contribution in [1.29, 1.82) is 0 Å². The SMILES string of the molecule is CCNC(=NCc1c(CC)nn(C)c1CC)NC1CCN(C2CCCC2)CC1.I. The van der Waals surface area contributed by atoms with E-state index in [1.165, 1.54) is 68.6 Å². The Kier molecular flexibility index (Phi) is 10.2. The molecule has 2 fully saturated rings. The van der Waals surface area contributed by atoms with E-state index in [0.29, 0.717) is 12.6 Å². The lowest BCUT2D eigenvalue weighted by atomic mass is 10.0. The summed E-state index contributed by atoms with van der Waals surface area (Å²) in [5.41, 5.74) is 3.80. The summed E-state index contributed by atoms with van der Waals surface area (Å²) >= 11 is 0. The van der Waals surface area contributed by atoms with Crippen LogP contribution >= 0.6 is 24.0 Å². The molecule has 1 saturated carbocycles. The van der Waals surface area contributed by atoms with Crippen molar-refractivity contribution in [2.45, 2.75) is 90.8 Å². The van der Waals surface area contributed by atoms with Crippen molar-refractivity contribution in [1.82, 2.24) is 25.3 Å². The molecule has 0 radical (unpaired) electrons. The number of aliphatic imine (C=N–C) groups is 1. The van der Waals surface area contributed by atoms with Gasteiger partial charge in [0.1, 0.15) is 0 Å². The van der Waals surface area contributed by atoms with Crippen molar-refractivity contribution in [3.63, 3.8) is 0 Å². The summed E-state index contributed by atoms with van der Waals surface area (Å²) in [5.74, 6) is 0.953.